The molecule has 33 heavy (non-hydrogen) atoms. The highest BCUT2D eigenvalue weighted by Crippen LogP contribution is 2.34. The lowest BCUT2D eigenvalue weighted by Crippen LogP contribution is -2.12. The number of sulfone groups is 1. The first-order chi connectivity index (χ1) is 15.1. The third-order valence-corrected chi connectivity index (χ3v) is 6.37. The molecule has 14 heteroatoms. The van der Waals surface area contributed by atoms with Crippen LogP contribution < -0.4 is 4.74 Å². The molecule has 0 aliphatic rings. The molecule has 0 radical (unpaired) electrons. The fourth-order valence-corrected chi connectivity index (χ4v) is 4.46. The molecule has 9 nitrogen and oxygen atoms in total. The van der Waals surface area contributed by atoms with Crippen LogP contribution in [-0.4, -0.2) is 45.1 Å². The minimum absolute atomic E-state index is 0.125. The van der Waals surface area contributed by atoms with E-state index in [-0.39, 0.29) is 38.2 Å². The Morgan fingerprint density at radius 1 is 1.21 bits per heavy atom. The van der Waals surface area contributed by atoms with Crippen LogP contribution in [0.5, 0.6) is 11.8 Å². The van der Waals surface area contributed by atoms with Gasteiger partial charge >= 0.3 is 6.18 Å². The molecule has 0 aliphatic heterocycles. The van der Waals surface area contributed by atoms with Crippen molar-refractivity contribution in [1.29, 1.82) is 0 Å². The number of aromatic hydroxyl groups is 1. The van der Waals surface area contributed by atoms with Gasteiger partial charge in [0.2, 0.25) is 17.5 Å². The molecule has 3 aromatic rings. The molecule has 2 aromatic heterocycles. The largest absolute Gasteiger partial charge is 0.493 e. The van der Waals surface area contributed by atoms with Gasteiger partial charge in [-0.05, 0) is 19.1 Å². The van der Waals surface area contributed by atoms with Crippen molar-refractivity contribution in [1.82, 2.24) is 19.6 Å². The summed E-state index contributed by atoms with van der Waals surface area (Å²) in [5.74, 6) is -1.42. The Labute approximate surface area is 191 Å². The van der Waals surface area contributed by atoms with Crippen LogP contribution in [0.25, 0.3) is 0 Å². The second-order valence-corrected chi connectivity index (χ2v) is 9.55. The molecule has 0 amide bonds. The maximum atomic E-state index is 13.1. The topological polar surface area (TPSA) is 116 Å². The number of alkyl halides is 3. The maximum Gasteiger partial charge on any atom is 0.435 e. The van der Waals surface area contributed by atoms with Gasteiger partial charge in [0.05, 0.1) is 15.6 Å². The number of nitrogens with zero attached hydrogens (tertiary/aromatic N) is 4. The van der Waals surface area contributed by atoms with Crippen LogP contribution in [0.1, 0.15) is 32.9 Å². The Hall–Kier alpha value is -3.06. The van der Waals surface area contributed by atoms with Gasteiger partial charge in [-0.25, -0.2) is 17.8 Å². The summed E-state index contributed by atoms with van der Waals surface area (Å²) in [6.07, 6.45) is -3.79. The van der Waals surface area contributed by atoms with Crippen molar-refractivity contribution in [2.75, 3.05) is 6.26 Å². The number of benzene rings is 1. The van der Waals surface area contributed by atoms with Crippen molar-refractivity contribution in [2.24, 2.45) is 14.1 Å². The zero-order valence-corrected chi connectivity index (χ0v) is 19.3. The molecular formula is C19H18ClF3N4O5S. The average molecular weight is 507 g/mol. The van der Waals surface area contributed by atoms with Crippen LogP contribution >= 0.6 is 11.6 Å². The number of ketones is 1. The van der Waals surface area contributed by atoms with E-state index in [2.05, 4.69) is 10.2 Å². The number of carbonyl (C=O) groups excluding carboxylic acids is 1. The van der Waals surface area contributed by atoms with E-state index in [0.29, 0.717) is 6.07 Å². The predicted octanol–water partition coefficient (Wildman–Crippen LogP) is 3.05. The summed E-state index contributed by atoms with van der Waals surface area (Å²) in [5, 5.41) is 17.1. The number of halogens is 4. The molecule has 0 fully saturated rings. The summed E-state index contributed by atoms with van der Waals surface area (Å²) >= 11 is 6.38. The zero-order chi connectivity index (χ0) is 24.9. The third kappa shape index (κ3) is 4.69. The summed E-state index contributed by atoms with van der Waals surface area (Å²) < 4.78 is 70.5. The number of aromatic nitrogens is 4. The minimum Gasteiger partial charge on any atom is -0.493 e. The van der Waals surface area contributed by atoms with Crippen molar-refractivity contribution >= 4 is 27.2 Å². The van der Waals surface area contributed by atoms with E-state index in [1.807, 2.05) is 0 Å². The van der Waals surface area contributed by atoms with Crippen LogP contribution in [-0.2, 0) is 36.7 Å². The van der Waals surface area contributed by atoms with Crippen LogP contribution in [0.2, 0.25) is 5.02 Å². The zero-order valence-electron chi connectivity index (χ0n) is 17.7. The monoisotopic (exact) mass is 506 g/mol. The quantitative estimate of drug-likeness (QED) is 0.511. The standard InChI is InChI=1S/C19H18ClF3N4O5S/c1-9-15(18(29)27(3)24-9)17(28)10-5-6-12(33(4,30)31)11(16(10)20)8-32-14-7-13(19(21,22)23)25-26(14)2/h5-7,29H,8H2,1-4H3. The molecule has 3 rings (SSSR count). The smallest absolute Gasteiger partial charge is 0.435 e. The molecule has 0 saturated heterocycles. The van der Waals surface area contributed by atoms with Crippen LogP contribution in [0.3, 0.4) is 0 Å². The van der Waals surface area contributed by atoms with E-state index in [9.17, 15) is 31.5 Å². The SMILES string of the molecule is Cc1nn(C)c(O)c1C(=O)c1ccc(S(C)(=O)=O)c(COc2cc(C(F)(F)F)nn2C)c1Cl. The normalized spacial score (nSPS) is 12.2. The van der Waals surface area contributed by atoms with E-state index in [1.54, 1.807) is 0 Å². The first kappa shape index (κ1) is 24.6. The lowest BCUT2D eigenvalue weighted by atomic mass is 10.0. The van der Waals surface area contributed by atoms with E-state index < -0.39 is 40.0 Å². The minimum atomic E-state index is -4.70. The first-order valence-electron chi connectivity index (χ1n) is 9.15. The van der Waals surface area contributed by atoms with Crippen molar-refractivity contribution in [3.8, 4) is 11.8 Å². The number of carbonyl (C=O) groups is 1. The fourth-order valence-electron chi connectivity index (χ4n) is 3.18. The number of hydrogen-bond donors (Lipinski definition) is 1. The molecule has 0 bridgehead atoms. The van der Waals surface area contributed by atoms with Gasteiger partial charge in [0.25, 0.3) is 0 Å². The van der Waals surface area contributed by atoms with E-state index in [1.165, 1.54) is 27.1 Å². The Morgan fingerprint density at radius 3 is 2.33 bits per heavy atom. The van der Waals surface area contributed by atoms with E-state index in [0.717, 1.165) is 21.7 Å². The Bertz CT molecular complexity index is 1360. The van der Waals surface area contributed by atoms with Gasteiger partial charge in [-0.1, -0.05) is 11.6 Å². The third-order valence-electron chi connectivity index (χ3n) is 4.76. The summed E-state index contributed by atoms with van der Waals surface area (Å²) in [6, 6.07) is 2.97. The lowest BCUT2D eigenvalue weighted by molar-refractivity contribution is -0.141. The molecule has 0 saturated carbocycles. The summed E-state index contributed by atoms with van der Waals surface area (Å²) in [7, 11) is -1.21. The summed E-state index contributed by atoms with van der Waals surface area (Å²) in [4.78, 5) is 12.8. The van der Waals surface area contributed by atoms with Crippen molar-refractivity contribution < 1.29 is 36.2 Å². The number of rotatable bonds is 6. The highest BCUT2D eigenvalue weighted by atomic mass is 35.5. The van der Waals surface area contributed by atoms with Crippen LogP contribution in [0, 0.1) is 6.92 Å². The van der Waals surface area contributed by atoms with Gasteiger partial charge in [0.15, 0.2) is 15.5 Å². The van der Waals surface area contributed by atoms with Crippen molar-refractivity contribution in [3.63, 3.8) is 0 Å². The number of ether oxygens (including phenoxy) is 1. The Balaban J connectivity index is 2.07. The number of aryl methyl sites for hydroxylation is 3. The number of hydrogen-bond acceptors (Lipinski definition) is 7. The van der Waals surface area contributed by atoms with Crippen LogP contribution in [0.15, 0.2) is 23.1 Å². The maximum absolute atomic E-state index is 13.1. The van der Waals surface area contributed by atoms with Crippen LogP contribution in [0.4, 0.5) is 13.2 Å². The molecule has 1 N–H and O–H groups in total. The molecule has 0 atom stereocenters. The van der Waals surface area contributed by atoms with Gasteiger partial charge in [0, 0.05) is 37.5 Å². The van der Waals surface area contributed by atoms with Gasteiger partial charge in [-0.2, -0.15) is 23.4 Å². The molecule has 178 valence electrons. The van der Waals surface area contributed by atoms with Crippen molar-refractivity contribution in [3.05, 3.63) is 51.3 Å². The van der Waals surface area contributed by atoms with Gasteiger partial charge in [0.1, 0.15) is 12.2 Å². The molecule has 1 aromatic carbocycles. The Kier molecular flexibility index (Phi) is 6.24. The van der Waals surface area contributed by atoms with Gasteiger partial charge in [-0.15, -0.1) is 0 Å². The molecule has 0 unspecified atom stereocenters. The van der Waals surface area contributed by atoms with E-state index in [4.69, 9.17) is 16.3 Å². The highest BCUT2D eigenvalue weighted by molar-refractivity contribution is 7.90. The van der Waals surface area contributed by atoms with Gasteiger partial charge < -0.3 is 9.84 Å². The van der Waals surface area contributed by atoms with E-state index >= 15 is 0 Å². The molecule has 0 aliphatic carbocycles. The fraction of sp³-hybridized carbons (Fsp3) is 0.316. The highest BCUT2D eigenvalue weighted by Gasteiger charge is 2.35. The average Bonchev–Trinajstić information content (AvgIpc) is 3.18. The lowest BCUT2D eigenvalue weighted by Gasteiger charge is -2.14. The molecule has 2 heterocycles. The summed E-state index contributed by atoms with van der Waals surface area (Å²) in [5.41, 5.74) is -1.38. The molecule has 0 spiro atoms. The first-order valence-corrected chi connectivity index (χ1v) is 11.4. The van der Waals surface area contributed by atoms with Crippen molar-refractivity contribution in [2.45, 2.75) is 24.6 Å². The summed E-state index contributed by atoms with van der Waals surface area (Å²) in [6.45, 7) is 0.924. The second kappa shape index (κ2) is 8.37. The predicted molar refractivity (Wildman–Crippen MR) is 110 cm³/mol. The van der Waals surface area contributed by atoms with Gasteiger partial charge in [-0.3, -0.25) is 4.79 Å². The molecular weight excluding hydrogens is 489 g/mol. The Morgan fingerprint density at radius 2 is 1.85 bits per heavy atom. The second-order valence-electron chi connectivity index (χ2n) is 7.19.